The van der Waals surface area contributed by atoms with E-state index in [0.717, 1.165) is 31.6 Å². The van der Waals surface area contributed by atoms with Gasteiger partial charge < -0.3 is 5.32 Å². The predicted molar refractivity (Wildman–Crippen MR) is 84.1 cm³/mol. The van der Waals surface area contributed by atoms with E-state index in [1.807, 2.05) is 0 Å². The lowest BCUT2D eigenvalue weighted by Gasteiger charge is -2.26. The highest BCUT2D eigenvalue weighted by Crippen LogP contribution is 2.23. The molecule has 0 saturated heterocycles. The van der Waals surface area contributed by atoms with Crippen LogP contribution in [0.25, 0.3) is 10.8 Å². The Morgan fingerprint density at radius 3 is 2.36 bits per heavy atom. The Labute approximate surface area is 126 Å². The zero-order valence-electron chi connectivity index (χ0n) is 12.4. The molecule has 116 valence electrons. The Morgan fingerprint density at radius 2 is 1.68 bits per heavy atom. The largest absolute Gasteiger partial charge is 0.349 e. The van der Waals surface area contributed by atoms with E-state index in [2.05, 4.69) is 22.4 Å². The Bertz CT molecular complexity index is 813. The standard InChI is InChI=1S/C16H19N3O3/c1-9-2-5-11(6-3-9)17-14(20)10-4-7-12-13(8-10)16(22)19-18-15(12)21/h4,7-9,11H,2-3,5-6H2,1H3,(H,17,20)(H,18,21)(H,19,22). The molecule has 0 unspecified atom stereocenters. The molecule has 1 amide bonds. The molecule has 1 aromatic carbocycles. The molecule has 3 rings (SSSR count). The Balaban J connectivity index is 1.84. The second-order valence-corrected chi connectivity index (χ2v) is 6.10. The molecule has 3 N–H and O–H groups in total. The first kappa shape index (κ1) is 14.6. The SMILES string of the molecule is CC1CCC(NC(=O)c2ccc3c(=O)[nH][nH]c(=O)c3c2)CC1. The van der Waals surface area contributed by atoms with Crippen LogP contribution in [-0.2, 0) is 0 Å². The molecule has 1 aromatic heterocycles. The van der Waals surface area contributed by atoms with E-state index in [1.54, 1.807) is 6.07 Å². The minimum absolute atomic E-state index is 0.192. The van der Waals surface area contributed by atoms with E-state index in [1.165, 1.54) is 12.1 Å². The summed E-state index contributed by atoms with van der Waals surface area (Å²) < 4.78 is 0. The monoisotopic (exact) mass is 301 g/mol. The van der Waals surface area contributed by atoms with Crippen molar-refractivity contribution < 1.29 is 4.79 Å². The second kappa shape index (κ2) is 5.79. The van der Waals surface area contributed by atoms with E-state index in [0.29, 0.717) is 5.56 Å². The fourth-order valence-corrected chi connectivity index (χ4v) is 2.99. The number of rotatable bonds is 2. The number of H-pyrrole nitrogens is 2. The van der Waals surface area contributed by atoms with Gasteiger partial charge in [0.05, 0.1) is 10.8 Å². The maximum atomic E-state index is 12.3. The zero-order chi connectivity index (χ0) is 15.7. The van der Waals surface area contributed by atoms with Gasteiger partial charge in [-0.05, 0) is 49.8 Å². The average molecular weight is 301 g/mol. The highest BCUT2D eigenvalue weighted by molar-refractivity contribution is 5.98. The summed E-state index contributed by atoms with van der Waals surface area (Å²) in [6.45, 7) is 2.23. The third-order valence-corrected chi connectivity index (χ3v) is 4.41. The van der Waals surface area contributed by atoms with Crippen molar-refractivity contribution in [2.24, 2.45) is 5.92 Å². The third kappa shape index (κ3) is 2.81. The molecule has 0 radical (unpaired) electrons. The lowest BCUT2D eigenvalue weighted by Crippen LogP contribution is -2.37. The van der Waals surface area contributed by atoms with E-state index in [-0.39, 0.29) is 28.3 Å². The molecule has 22 heavy (non-hydrogen) atoms. The summed E-state index contributed by atoms with van der Waals surface area (Å²) in [5.74, 6) is 0.528. The molecule has 0 aliphatic heterocycles. The Morgan fingerprint density at radius 1 is 1.05 bits per heavy atom. The molecule has 1 fully saturated rings. The van der Waals surface area contributed by atoms with Gasteiger partial charge in [0, 0.05) is 11.6 Å². The molecule has 0 atom stereocenters. The van der Waals surface area contributed by atoms with Crippen LogP contribution in [0.5, 0.6) is 0 Å². The van der Waals surface area contributed by atoms with Gasteiger partial charge in [-0.2, -0.15) is 0 Å². The third-order valence-electron chi connectivity index (χ3n) is 4.41. The van der Waals surface area contributed by atoms with Crippen LogP contribution in [0.4, 0.5) is 0 Å². The van der Waals surface area contributed by atoms with E-state index < -0.39 is 5.56 Å². The van der Waals surface area contributed by atoms with Crippen molar-refractivity contribution in [2.45, 2.75) is 38.6 Å². The normalized spacial score (nSPS) is 21.7. The zero-order valence-corrected chi connectivity index (χ0v) is 12.4. The van der Waals surface area contributed by atoms with Crippen LogP contribution in [0.1, 0.15) is 43.0 Å². The summed E-state index contributed by atoms with van der Waals surface area (Å²) in [6, 6.07) is 4.76. The van der Waals surface area contributed by atoms with Crippen LogP contribution in [0.3, 0.4) is 0 Å². The maximum Gasteiger partial charge on any atom is 0.270 e. The van der Waals surface area contributed by atoms with Gasteiger partial charge in [0.15, 0.2) is 0 Å². The quantitative estimate of drug-likeness (QED) is 0.785. The van der Waals surface area contributed by atoms with Crippen molar-refractivity contribution in [1.82, 2.24) is 15.5 Å². The van der Waals surface area contributed by atoms with E-state index in [4.69, 9.17) is 0 Å². The fourth-order valence-electron chi connectivity index (χ4n) is 2.99. The van der Waals surface area contributed by atoms with Crippen LogP contribution in [-0.4, -0.2) is 22.1 Å². The molecule has 2 aromatic rings. The maximum absolute atomic E-state index is 12.3. The minimum Gasteiger partial charge on any atom is -0.349 e. The molecular weight excluding hydrogens is 282 g/mol. The molecule has 1 aliphatic carbocycles. The Hall–Kier alpha value is -2.37. The van der Waals surface area contributed by atoms with Gasteiger partial charge in [0.1, 0.15) is 0 Å². The van der Waals surface area contributed by atoms with Gasteiger partial charge in [-0.3, -0.25) is 24.6 Å². The number of nitrogens with one attached hydrogen (secondary N) is 3. The summed E-state index contributed by atoms with van der Waals surface area (Å²) in [4.78, 5) is 35.7. The van der Waals surface area contributed by atoms with Crippen LogP contribution >= 0.6 is 0 Å². The molecule has 0 bridgehead atoms. The van der Waals surface area contributed by atoms with Crippen molar-refractivity contribution >= 4 is 16.7 Å². The number of amides is 1. The van der Waals surface area contributed by atoms with Crippen LogP contribution < -0.4 is 16.4 Å². The number of carbonyl (C=O) groups is 1. The summed E-state index contributed by atoms with van der Waals surface area (Å²) >= 11 is 0. The molecule has 0 spiro atoms. The highest BCUT2D eigenvalue weighted by atomic mass is 16.2. The van der Waals surface area contributed by atoms with Crippen LogP contribution in [0.2, 0.25) is 0 Å². The van der Waals surface area contributed by atoms with Crippen LogP contribution in [0, 0.1) is 5.92 Å². The number of aromatic amines is 2. The first-order valence-corrected chi connectivity index (χ1v) is 7.60. The summed E-state index contributed by atoms with van der Waals surface area (Å²) in [5, 5.41) is 8.07. The van der Waals surface area contributed by atoms with Gasteiger partial charge in [0.2, 0.25) is 0 Å². The van der Waals surface area contributed by atoms with Crippen molar-refractivity contribution in [3.05, 3.63) is 44.5 Å². The van der Waals surface area contributed by atoms with E-state index >= 15 is 0 Å². The topological polar surface area (TPSA) is 94.8 Å². The van der Waals surface area contributed by atoms with Gasteiger partial charge in [0.25, 0.3) is 17.0 Å². The smallest absolute Gasteiger partial charge is 0.270 e. The molecule has 6 nitrogen and oxygen atoms in total. The number of benzene rings is 1. The lowest BCUT2D eigenvalue weighted by atomic mass is 9.87. The number of carbonyl (C=O) groups excluding carboxylic acids is 1. The molecular formula is C16H19N3O3. The predicted octanol–water partition coefficient (Wildman–Crippen LogP) is 1.52. The second-order valence-electron chi connectivity index (χ2n) is 6.10. The van der Waals surface area contributed by atoms with Crippen molar-refractivity contribution in [3.8, 4) is 0 Å². The first-order valence-electron chi connectivity index (χ1n) is 7.60. The number of fused-ring (bicyclic) bond motifs is 1. The molecule has 6 heteroatoms. The van der Waals surface area contributed by atoms with Crippen LogP contribution in [0.15, 0.2) is 27.8 Å². The van der Waals surface area contributed by atoms with Crippen molar-refractivity contribution in [2.75, 3.05) is 0 Å². The molecule has 1 saturated carbocycles. The number of hydrogen-bond acceptors (Lipinski definition) is 3. The summed E-state index contributed by atoms with van der Waals surface area (Å²) in [5.41, 5.74) is -0.374. The molecule has 1 heterocycles. The minimum atomic E-state index is -0.407. The number of hydrogen-bond donors (Lipinski definition) is 3. The highest BCUT2D eigenvalue weighted by Gasteiger charge is 2.20. The van der Waals surface area contributed by atoms with Gasteiger partial charge in [-0.25, -0.2) is 0 Å². The summed E-state index contributed by atoms with van der Waals surface area (Å²) in [7, 11) is 0. The van der Waals surface area contributed by atoms with Gasteiger partial charge >= 0.3 is 0 Å². The van der Waals surface area contributed by atoms with Crippen molar-refractivity contribution in [3.63, 3.8) is 0 Å². The van der Waals surface area contributed by atoms with Crippen molar-refractivity contribution in [1.29, 1.82) is 0 Å². The van der Waals surface area contributed by atoms with E-state index in [9.17, 15) is 14.4 Å². The summed E-state index contributed by atoms with van der Waals surface area (Å²) in [6.07, 6.45) is 4.22. The van der Waals surface area contributed by atoms with Gasteiger partial charge in [-0.15, -0.1) is 0 Å². The average Bonchev–Trinajstić information content (AvgIpc) is 2.53. The number of aromatic nitrogens is 2. The molecule has 1 aliphatic rings. The lowest BCUT2D eigenvalue weighted by molar-refractivity contribution is 0.0923. The first-order chi connectivity index (χ1) is 10.5. The van der Waals surface area contributed by atoms with Gasteiger partial charge in [-0.1, -0.05) is 6.92 Å². The fraction of sp³-hybridized carbons (Fsp3) is 0.438. The Kier molecular flexibility index (Phi) is 3.83.